The third-order valence-electron chi connectivity index (χ3n) is 2.26. The molecular formula is C12H17F2NO. The van der Waals surface area contributed by atoms with Crippen LogP contribution in [0.4, 0.5) is 8.78 Å². The molecule has 0 aliphatic rings. The summed E-state index contributed by atoms with van der Waals surface area (Å²) in [6, 6.07) is 3.94. The molecule has 0 aromatic heterocycles. The molecule has 0 aliphatic carbocycles. The van der Waals surface area contributed by atoms with Gasteiger partial charge in [-0.25, -0.2) is 8.78 Å². The molecule has 1 aromatic carbocycles. The van der Waals surface area contributed by atoms with E-state index in [2.05, 4.69) is 5.32 Å². The van der Waals surface area contributed by atoms with Crippen LogP contribution in [0.25, 0.3) is 0 Å². The average molecular weight is 229 g/mol. The second kappa shape index (κ2) is 5.92. The third kappa shape index (κ3) is 3.87. The zero-order valence-electron chi connectivity index (χ0n) is 9.50. The van der Waals surface area contributed by atoms with Gasteiger partial charge in [0.05, 0.1) is 6.10 Å². The zero-order chi connectivity index (χ0) is 12.1. The van der Waals surface area contributed by atoms with Gasteiger partial charge in [0.25, 0.3) is 0 Å². The van der Waals surface area contributed by atoms with Crippen LogP contribution in [0.15, 0.2) is 18.2 Å². The number of rotatable bonds is 5. The first kappa shape index (κ1) is 13.1. The Morgan fingerprint density at radius 3 is 2.31 bits per heavy atom. The lowest BCUT2D eigenvalue weighted by molar-refractivity contribution is 0.166. The van der Waals surface area contributed by atoms with Crippen molar-refractivity contribution in [2.75, 3.05) is 6.54 Å². The quantitative estimate of drug-likeness (QED) is 0.807. The van der Waals surface area contributed by atoms with E-state index in [1.165, 1.54) is 18.2 Å². The van der Waals surface area contributed by atoms with Gasteiger partial charge in [-0.3, -0.25) is 0 Å². The number of nitrogens with one attached hydrogen (secondary N) is 1. The summed E-state index contributed by atoms with van der Waals surface area (Å²) in [5.41, 5.74) is -0.0550. The van der Waals surface area contributed by atoms with Crippen LogP contribution in [0.1, 0.15) is 19.4 Å². The average Bonchev–Trinajstić information content (AvgIpc) is 2.21. The Morgan fingerprint density at radius 2 is 1.81 bits per heavy atom. The molecule has 0 fully saturated rings. The standard InChI is InChI=1S/C12H17F2NO/c1-8(2)15-7-9(16)6-10-11(13)4-3-5-12(10)14/h3-5,8-9,15-16H,6-7H2,1-2H3. The number of hydrogen-bond acceptors (Lipinski definition) is 2. The molecule has 0 bridgehead atoms. The van der Waals surface area contributed by atoms with Crippen molar-refractivity contribution in [3.05, 3.63) is 35.4 Å². The molecule has 1 aromatic rings. The Kier molecular flexibility index (Phi) is 4.83. The summed E-state index contributed by atoms with van der Waals surface area (Å²) in [4.78, 5) is 0. The van der Waals surface area contributed by atoms with E-state index in [-0.39, 0.29) is 18.0 Å². The summed E-state index contributed by atoms with van der Waals surface area (Å²) < 4.78 is 26.5. The van der Waals surface area contributed by atoms with Crippen molar-refractivity contribution in [3.8, 4) is 0 Å². The van der Waals surface area contributed by atoms with Crippen molar-refractivity contribution in [1.29, 1.82) is 0 Å². The van der Waals surface area contributed by atoms with Crippen molar-refractivity contribution < 1.29 is 13.9 Å². The van der Waals surface area contributed by atoms with Gasteiger partial charge >= 0.3 is 0 Å². The number of aliphatic hydroxyl groups is 1. The van der Waals surface area contributed by atoms with Gasteiger partial charge in [-0.1, -0.05) is 19.9 Å². The van der Waals surface area contributed by atoms with Gasteiger partial charge < -0.3 is 10.4 Å². The van der Waals surface area contributed by atoms with Crippen LogP contribution in [0, 0.1) is 11.6 Å². The van der Waals surface area contributed by atoms with Crippen molar-refractivity contribution in [1.82, 2.24) is 5.32 Å². The minimum atomic E-state index is -0.784. The number of aliphatic hydroxyl groups excluding tert-OH is 1. The van der Waals surface area contributed by atoms with Crippen molar-refractivity contribution >= 4 is 0 Å². The molecular weight excluding hydrogens is 212 g/mol. The van der Waals surface area contributed by atoms with E-state index in [4.69, 9.17) is 0 Å². The fourth-order valence-electron chi connectivity index (χ4n) is 1.41. The van der Waals surface area contributed by atoms with Crippen molar-refractivity contribution in [2.24, 2.45) is 0 Å². The summed E-state index contributed by atoms with van der Waals surface area (Å²) in [5.74, 6) is -1.22. The number of hydrogen-bond donors (Lipinski definition) is 2. The van der Waals surface area contributed by atoms with Crippen LogP contribution in [-0.2, 0) is 6.42 Å². The first-order valence-corrected chi connectivity index (χ1v) is 5.35. The minimum Gasteiger partial charge on any atom is -0.391 e. The van der Waals surface area contributed by atoms with Crippen LogP contribution in [-0.4, -0.2) is 23.8 Å². The van der Waals surface area contributed by atoms with E-state index in [1.807, 2.05) is 13.8 Å². The fourth-order valence-corrected chi connectivity index (χ4v) is 1.41. The Balaban J connectivity index is 2.59. The predicted molar refractivity (Wildman–Crippen MR) is 59.2 cm³/mol. The maximum Gasteiger partial charge on any atom is 0.129 e. The molecule has 0 amide bonds. The van der Waals surface area contributed by atoms with E-state index in [0.29, 0.717) is 6.54 Å². The summed E-state index contributed by atoms with van der Waals surface area (Å²) in [5, 5.41) is 12.6. The number of halogens is 2. The van der Waals surface area contributed by atoms with Crippen LogP contribution in [0.3, 0.4) is 0 Å². The van der Waals surface area contributed by atoms with Gasteiger partial charge in [0, 0.05) is 24.6 Å². The van der Waals surface area contributed by atoms with Crippen molar-refractivity contribution in [2.45, 2.75) is 32.4 Å². The second-order valence-electron chi connectivity index (χ2n) is 4.12. The summed E-state index contributed by atoms with van der Waals surface area (Å²) in [7, 11) is 0. The predicted octanol–water partition coefficient (Wildman–Crippen LogP) is 1.87. The Bertz CT molecular complexity index is 322. The van der Waals surface area contributed by atoms with E-state index in [1.54, 1.807) is 0 Å². The monoisotopic (exact) mass is 229 g/mol. The highest BCUT2D eigenvalue weighted by Gasteiger charge is 2.13. The Hall–Kier alpha value is -1.00. The van der Waals surface area contributed by atoms with Crippen LogP contribution < -0.4 is 5.32 Å². The molecule has 0 saturated carbocycles. The molecule has 1 unspecified atom stereocenters. The molecule has 2 N–H and O–H groups in total. The molecule has 0 aliphatic heterocycles. The summed E-state index contributed by atoms with van der Waals surface area (Å²) >= 11 is 0. The minimum absolute atomic E-state index is 0.0156. The maximum atomic E-state index is 13.2. The van der Waals surface area contributed by atoms with E-state index >= 15 is 0 Å². The van der Waals surface area contributed by atoms with Crippen LogP contribution >= 0.6 is 0 Å². The lowest BCUT2D eigenvalue weighted by atomic mass is 10.1. The summed E-state index contributed by atoms with van der Waals surface area (Å²) in [6.07, 6.45) is -0.799. The largest absolute Gasteiger partial charge is 0.391 e. The van der Waals surface area contributed by atoms with E-state index in [9.17, 15) is 13.9 Å². The third-order valence-corrected chi connectivity index (χ3v) is 2.26. The number of benzene rings is 1. The molecule has 2 nitrogen and oxygen atoms in total. The lowest BCUT2D eigenvalue weighted by Gasteiger charge is -2.14. The van der Waals surface area contributed by atoms with Gasteiger partial charge in [-0.05, 0) is 12.1 Å². The molecule has 4 heteroatoms. The summed E-state index contributed by atoms with van der Waals surface area (Å²) in [6.45, 7) is 4.21. The maximum absolute atomic E-state index is 13.2. The molecule has 90 valence electrons. The van der Waals surface area contributed by atoms with Gasteiger partial charge in [0.15, 0.2) is 0 Å². The molecule has 16 heavy (non-hydrogen) atoms. The zero-order valence-corrected chi connectivity index (χ0v) is 9.50. The van der Waals surface area contributed by atoms with Gasteiger partial charge in [-0.2, -0.15) is 0 Å². The molecule has 0 spiro atoms. The first-order valence-electron chi connectivity index (χ1n) is 5.35. The SMILES string of the molecule is CC(C)NCC(O)Cc1c(F)cccc1F. The highest BCUT2D eigenvalue weighted by Crippen LogP contribution is 2.13. The van der Waals surface area contributed by atoms with Gasteiger partial charge in [0.2, 0.25) is 0 Å². The second-order valence-corrected chi connectivity index (χ2v) is 4.12. The molecule has 0 heterocycles. The fraction of sp³-hybridized carbons (Fsp3) is 0.500. The molecule has 1 rings (SSSR count). The van der Waals surface area contributed by atoms with Gasteiger partial charge in [0.1, 0.15) is 11.6 Å². The highest BCUT2D eigenvalue weighted by molar-refractivity contribution is 5.20. The Labute approximate surface area is 94.3 Å². The topological polar surface area (TPSA) is 32.3 Å². The molecule has 1 atom stereocenters. The van der Waals surface area contributed by atoms with Gasteiger partial charge in [-0.15, -0.1) is 0 Å². The Morgan fingerprint density at radius 1 is 1.25 bits per heavy atom. The van der Waals surface area contributed by atoms with Crippen LogP contribution in [0.2, 0.25) is 0 Å². The first-order chi connectivity index (χ1) is 7.50. The smallest absolute Gasteiger partial charge is 0.129 e. The van der Waals surface area contributed by atoms with Crippen molar-refractivity contribution in [3.63, 3.8) is 0 Å². The molecule has 0 saturated heterocycles. The molecule has 0 radical (unpaired) electrons. The van der Waals surface area contributed by atoms with E-state index < -0.39 is 17.7 Å². The highest BCUT2D eigenvalue weighted by atomic mass is 19.1. The van der Waals surface area contributed by atoms with Crippen LogP contribution in [0.5, 0.6) is 0 Å². The normalized spacial score (nSPS) is 13.1. The van der Waals surface area contributed by atoms with E-state index in [0.717, 1.165) is 0 Å². The lowest BCUT2D eigenvalue weighted by Crippen LogP contribution is -2.33.